The average Bonchev–Trinajstić information content (AvgIpc) is 2.66. The first-order valence-corrected chi connectivity index (χ1v) is 8.22. The van der Waals surface area contributed by atoms with Gasteiger partial charge in [0.15, 0.2) is 0 Å². The number of halogens is 3. The minimum atomic E-state index is -5.07. The average molecular weight is 366 g/mol. The van der Waals surface area contributed by atoms with Gasteiger partial charge in [-0.25, -0.2) is 0 Å². The van der Waals surface area contributed by atoms with Gasteiger partial charge in [-0.15, -0.1) is 0 Å². The van der Waals surface area contributed by atoms with Gasteiger partial charge in [-0.3, -0.25) is 4.79 Å². The van der Waals surface area contributed by atoms with Crippen LogP contribution in [-0.4, -0.2) is 17.1 Å². The lowest BCUT2D eigenvalue weighted by Crippen LogP contribution is -2.23. The van der Waals surface area contributed by atoms with Gasteiger partial charge in [-0.1, -0.05) is 66.7 Å². The highest BCUT2D eigenvalue weighted by Gasteiger charge is 2.41. The molecule has 0 amide bonds. The predicted molar refractivity (Wildman–Crippen MR) is 98.9 cm³/mol. The Bertz CT molecular complexity index is 1190. The molecule has 0 bridgehead atoms. The van der Waals surface area contributed by atoms with Crippen molar-refractivity contribution >= 4 is 27.3 Å². The molecule has 2 nitrogen and oxygen atoms in total. The fourth-order valence-corrected chi connectivity index (χ4v) is 3.38. The summed E-state index contributed by atoms with van der Waals surface area (Å²) in [5.41, 5.74) is 0.0419. The summed E-state index contributed by atoms with van der Waals surface area (Å²) in [6.07, 6.45) is -5.07. The van der Waals surface area contributed by atoms with Crippen molar-refractivity contribution in [3.05, 3.63) is 78.4 Å². The van der Waals surface area contributed by atoms with Crippen molar-refractivity contribution in [1.29, 1.82) is 0 Å². The minimum absolute atomic E-state index is 0.220. The van der Waals surface area contributed by atoms with Crippen LogP contribution in [0.15, 0.2) is 72.8 Å². The third kappa shape index (κ3) is 2.81. The quantitative estimate of drug-likeness (QED) is 0.435. The fraction of sp³-hybridized carbons (Fsp3) is 0.0455. The number of ketones is 1. The molecule has 0 spiro atoms. The highest BCUT2D eigenvalue weighted by Crippen LogP contribution is 2.43. The summed E-state index contributed by atoms with van der Waals surface area (Å²) in [4.78, 5) is 11.9. The van der Waals surface area contributed by atoms with Crippen molar-refractivity contribution in [3.63, 3.8) is 0 Å². The molecule has 0 unspecified atom stereocenters. The van der Waals surface area contributed by atoms with Crippen molar-refractivity contribution < 1.29 is 23.1 Å². The molecule has 0 aliphatic heterocycles. The summed E-state index contributed by atoms with van der Waals surface area (Å²) >= 11 is 0. The Kier molecular flexibility index (Phi) is 3.88. The number of benzene rings is 4. The molecule has 0 heterocycles. The van der Waals surface area contributed by atoms with E-state index in [-0.39, 0.29) is 5.56 Å². The Balaban J connectivity index is 2.14. The first kappa shape index (κ1) is 17.1. The van der Waals surface area contributed by atoms with Gasteiger partial charge in [0, 0.05) is 5.56 Å². The van der Waals surface area contributed by atoms with E-state index in [0.29, 0.717) is 16.3 Å². The van der Waals surface area contributed by atoms with Crippen LogP contribution in [0.5, 0.6) is 5.75 Å². The second kappa shape index (κ2) is 6.13. The third-order valence-corrected chi connectivity index (χ3v) is 4.58. The third-order valence-electron chi connectivity index (χ3n) is 4.58. The van der Waals surface area contributed by atoms with Gasteiger partial charge in [0.1, 0.15) is 5.75 Å². The number of aromatic hydroxyl groups is 1. The van der Waals surface area contributed by atoms with E-state index in [1.54, 1.807) is 36.4 Å². The number of carbonyl (C=O) groups excluding carboxylic acids is 1. The van der Waals surface area contributed by atoms with E-state index in [4.69, 9.17) is 0 Å². The number of Topliss-reactive ketones (excluding diaryl/α,β-unsaturated/α-hetero) is 1. The monoisotopic (exact) mass is 366 g/mol. The van der Waals surface area contributed by atoms with E-state index < -0.39 is 23.3 Å². The number of fused-ring (bicyclic) bond motifs is 2. The fourth-order valence-electron chi connectivity index (χ4n) is 3.38. The molecule has 0 aliphatic carbocycles. The lowest BCUT2D eigenvalue weighted by Gasteiger charge is -2.16. The summed E-state index contributed by atoms with van der Waals surface area (Å²) in [6.45, 7) is 0. The first-order valence-electron chi connectivity index (χ1n) is 8.22. The van der Waals surface area contributed by atoms with Gasteiger partial charge >= 0.3 is 6.18 Å². The largest absolute Gasteiger partial charge is 0.507 e. The van der Waals surface area contributed by atoms with Gasteiger partial charge in [-0.2, -0.15) is 13.2 Å². The van der Waals surface area contributed by atoms with Gasteiger partial charge in [0.2, 0.25) is 0 Å². The molecule has 27 heavy (non-hydrogen) atoms. The van der Waals surface area contributed by atoms with Gasteiger partial charge in [-0.05, 0) is 33.2 Å². The molecular weight excluding hydrogens is 353 g/mol. The van der Waals surface area contributed by atoms with Crippen molar-refractivity contribution in [3.8, 4) is 16.9 Å². The Morgan fingerprint density at radius 1 is 0.778 bits per heavy atom. The molecule has 5 heteroatoms. The second-order valence-electron chi connectivity index (χ2n) is 6.22. The maximum absolute atomic E-state index is 13.0. The van der Waals surface area contributed by atoms with Crippen LogP contribution in [0.2, 0.25) is 0 Å². The molecular formula is C22H13F3O2. The first-order chi connectivity index (χ1) is 12.9. The summed E-state index contributed by atoms with van der Waals surface area (Å²) in [6, 6.07) is 20.6. The molecule has 4 aromatic carbocycles. The molecule has 0 fully saturated rings. The standard InChI is InChI=1S/C22H13F3O2/c23-22(24,25)21(27)18-12-14-7-2-4-10-16(14)19(20(18)26)17-11-5-8-13-6-1-3-9-15(13)17/h1-12,26H. The van der Waals surface area contributed by atoms with E-state index >= 15 is 0 Å². The number of phenolic OH excluding ortho intramolecular Hbond substituents is 1. The topological polar surface area (TPSA) is 37.3 Å². The zero-order chi connectivity index (χ0) is 19.2. The maximum Gasteiger partial charge on any atom is 0.455 e. The Hall–Kier alpha value is -3.34. The molecule has 134 valence electrons. The van der Waals surface area contributed by atoms with Crippen LogP contribution in [0.1, 0.15) is 10.4 Å². The number of alkyl halides is 3. The molecule has 0 aromatic heterocycles. The van der Waals surface area contributed by atoms with E-state index in [2.05, 4.69) is 0 Å². The van der Waals surface area contributed by atoms with Crippen LogP contribution in [0.3, 0.4) is 0 Å². The lowest BCUT2D eigenvalue weighted by molar-refractivity contribution is -0.0886. The lowest BCUT2D eigenvalue weighted by atomic mass is 9.90. The van der Waals surface area contributed by atoms with Gasteiger partial charge in [0.25, 0.3) is 5.78 Å². The molecule has 0 saturated carbocycles. The summed E-state index contributed by atoms with van der Waals surface area (Å²) in [7, 11) is 0. The van der Waals surface area contributed by atoms with Crippen LogP contribution >= 0.6 is 0 Å². The maximum atomic E-state index is 13.0. The van der Waals surface area contributed by atoms with Crippen molar-refractivity contribution in [1.82, 2.24) is 0 Å². The zero-order valence-electron chi connectivity index (χ0n) is 13.9. The van der Waals surface area contributed by atoms with Crippen LogP contribution in [0.4, 0.5) is 13.2 Å². The number of rotatable bonds is 2. The highest BCUT2D eigenvalue weighted by molar-refractivity contribution is 6.14. The Morgan fingerprint density at radius 2 is 1.37 bits per heavy atom. The number of hydrogen-bond donors (Lipinski definition) is 1. The van der Waals surface area contributed by atoms with Crippen molar-refractivity contribution in [2.24, 2.45) is 0 Å². The number of carbonyl (C=O) groups is 1. The zero-order valence-corrected chi connectivity index (χ0v) is 13.9. The summed E-state index contributed by atoms with van der Waals surface area (Å²) in [5, 5.41) is 13.4. The molecule has 4 aromatic rings. The van der Waals surface area contributed by atoms with E-state index in [1.807, 2.05) is 30.3 Å². The van der Waals surface area contributed by atoms with Gasteiger partial charge in [0.05, 0.1) is 5.56 Å². The van der Waals surface area contributed by atoms with E-state index in [9.17, 15) is 23.1 Å². The molecule has 0 radical (unpaired) electrons. The molecule has 0 saturated heterocycles. The van der Waals surface area contributed by atoms with Gasteiger partial charge < -0.3 is 5.11 Å². The predicted octanol–water partition coefficient (Wildman–Crippen LogP) is 6.11. The minimum Gasteiger partial charge on any atom is -0.507 e. The van der Waals surface area contributed by atoms with E-state index in [1.165, 1.54) is 0 Å². The SMILES string of the molecule is O=C(c1cc2ccccc2c(-c2cccc3ccccc23)c1O)C(F)(F)F. The Labute approximate surface area is 152 Å². The van der Waals surface area contributed by atoms with Crippen LogP contribution in [0.25, 0.3) is 32.7 Å². The highest BCUT2D eigenvalue weighted by atomic mass is 19.4. The van der Waals surface area contributed by atoms with Crippen LogP contribution < -0.4 is 0 Å². The second-order valence-corrected chi connectivity index (χ2v) is 6.22. The van der Waals surface area contributed by atoms with E-state index in [0.717, 1.165) is 16.8 Å². The summed E-state index contributed by atoms with van der Waals surface area (Å²) < 4.78 is 39.1. The van der Waals surface area contributed by atoms with Crippen molar-refractivity contribution in [2.75, 3.05) is 0 Å². The van der Waals surface area contributed by atoms with Crippen LogP contribution in [0, 0.1) is 0 Å². The number of phenols is 1. The molecule has 0 aliphatic rings. The van der Waals surface area contributed by atoms with Crippen molar-refractivity contribution in [2.45, 2.75) is 6.18 Å². The molecule has 1 N–H and O–H groups in total. The normalized spacial score (nSPS) is 11.8. The number of hydrogen-bond acceptors (Lipinski definition) is 2. The Morgan fingerprint density at radius 3 is 2.07 bits per heavy atom. The smallest absolute Gasteiger partial charge is 0.455 e. The van der Waals surface area contributed by atoms with Crippen LogP contribution in [-0.2, 0) is 0 Å². The molecule has 4 rings (SSSR count). The summed E-state index contributed by atoms with van der Waals surface area (Å²) in [5.74, 6) is -2.72. The molecule has 0 atom stereocenters.